The molecule has 0 saturated carbocycles. The SMILES string of the molecule is COc1ccc(CN2CCCCCC=CCCC(C(=O)O)NC(=O)C3CC(Oc4nc(-c5ccc(F)cc5)nc5c(C)c(OC)ccc45)C[NH+]3C2=O)cc1. The minimum Gasteiger partial charge on any atom is -0.497 e. The van der Waals surface area contributed by atoms with E-state index in [0.717, 1.165) is 36.8 Å². The van der Waals surface area contributed by atoms with Gasteiger partial charge in [-0.25, -0.2) is 23.9 Å². The first-order valence-corrected chi connectivity index (χ1v) is 18.4. The number of hydrogen-bond acceptors (Lipinski definition) is 8. The Bertz CT molecular complexity index is 1990. The molecule has 54 heavy (non-hydrogen) atoms. The molecule has 0 bridgehead atoms. The van der Waals surface area contributed by atoms with Crippen molar-refractivity contribution in [3.8, 4) is 28.8 Å². The number of benzene rings is 3. The number of nitrogens with one attached hydrogen (secondary N) is 2. The van der Waals surface area contributed by atoms with E-state index in [1.807, 2.05) is 43.3 Å². The molecule has 6 rings (SSSR count). The summed E-state index contributed by atoms with van der Waals surface area (Å²) < 4.78 is 31.4. The second-order valence-corrected chi connectivity index (χ2v) is 13.8. The third kappa shape index (κ3) is 8.96. The topological polar surface area (TPSA) is 145 Å². The van der Waals surface area contributed by atoms with Gasteiger partial charge < -0.3 is 24.6 Å². The predicted octanol–water partition coefficient (Wildman–Crippen LogP) is 5.27. The van der Waals surface area contributed by atoms with Crippen molar-refractivity contribution in [2.75, 3.05) is 27.3 Å². The molecule has 3 amide bonds. The average Bonchev–Trinajstić information content (AvgIpc) is 3.60. The number of ether oxygens (including phenoxy) is 3. The molecule has 1 aromatic heterocycles. The van der Waals surface area contributed by atoms with Gasteiger partial charge in [0, 0.05) is 17.7 Å². The van der Waals surface area contributed by atoms with Crippen molar-refractivity contribution in [2.24, 2.45) is 0 Å². The highest BCUT2D eigenvalue weighted by atomic mass is 19.1. The van der Waals surface area contributed by atoms with Crippen LogP contribution in [-0.4, -0.2) is 83.4 Å². The van der Waals surface area contributed by atoms with E-state index in [-0.39, 0.29) is 31.3 Å². The summed E-state index contributed by atoms with van der Waals surface area (Å²) in [6, 6.07) is 14.6. The lowest BCUT2D eigenvalue weighted by molar-refractivity contribution is -0.824. The van der Waals surface area contributed by atoms with Gasteiger partial charge in [0.15, 0.2) is 18.0 Å². The van der Waals surface area contributed by atoms with Crippen LogP contribution in [0.1, 0.15) is 56.1 Å². The normalized spacial score (nSPS) is 21.4. The number of amides is 3. The molecule has 1 saturated heterocycles. The van der Waals surface area contributed by atoms with Crippen LogP contribution in [-0.2, 0) is 16.1 Å². The molecular weight excluding hydrogens is 693 g/mol. The molecule has 3 heterocycles. The number of carbonyl (C=O) groups is 3. The Hall–Kier alpha value is -5.56. The lowest BCUT2D eigenvalue weighted by Gasteiger charge is -2.27. The van der Waals surface area contributed by atoms with Crippen molar-refractivity contribution in [3.05, 3.63) is 89.8 Å². The van der Waals surface area contributed by atoms with Crippen LogP contribution in [0.5, 0.6) is 17.4 Å². The summed E-state index contributed by atoms with van der Waals surface area (Å²) in [5.41, 5.74) is 2.81. The second kappa shape index (κ2) is 17.5. The van der Waals surface area contributed by atoms with Gasteiger partial charge in [-0.2, -0.15) is 4.98 Å². The summed E-state index contributed by atoms with van der Waals surface area (Å²) in [5.74, 6) is -0.190. The van der Waals surface area contributed by atoms with E-state index in [0.29, 0.717) is 58.2 Å². The van der Waals surface area contributed by atoms with Crippen molar-refractivity contribution in [3.63, 3.8) is 0 Å². The number of nitrogens with zero attached hydrogens (tertiary/aromatic N) is 3. The van der Waals surface area contributed by atoms with Gasteiger partial charge in [0.05, 0.1) is 38.1 Å². The Morgan fingerprint density at radius 1 is 0.963 bits per heavy atom. The number of allylic oxidation sites excluding steroid dienone is 2. The number of aromatic nitrogens is 2. The highest BCUT2D eigenvalue weighted by Gasteiger charge is 2.48. The molecule has 4 atom stereocenters. The van der Waals surface area contributed by atoms with Crippen LogP contribution in [0.4, 0.5) is 9.18 Å². The first-order valence-electron chi connectivity index (χ1n) is 18.4. The maximum Gasteiger partial charge on any atom is 0.418 e. The Kier molecular flexibility index (Phi) is 12.4. The van der Waals surface area contributed by atoms with Gasteiger partial charge in [0.25, 0.3) is 5.91 Å². The Morgan fingerprint density at radius 3 is 2.44 bits per heavy atom. The molecule has 12 nitrogen and oxygen atoms in total. The van der Waals surface area contributed by atoms with Crippen LogP contribution >= 0.6 is 0 Å². The largest absolute Gasteiger partial charge is 0.497 e. The summed E-state index contributed by atoms with van der Waals surface area (Å²) >= 11 is 0. The minimum absolute atomic E-state index is 0.127. The molecule has 284 valence electrons. The molecule has 2 aliphatic rings. The van der Waals surface area contributed by atoms with Crippen LogP contribution in [0.15, 0.2) is 72.8 Å². The maximum absolute atomic E-state index is 14.6. The number of aryl methyl sites for hydroxylation is 1. The van der Waals surface area contributed by atoms with Crippen molar-refractivity contribution in [1.29, 1.82) is 0 Å². The van der Waals surface area contributed by atoms with Crippen LogP contribution in [0.3, 0.4) is 0 Å². The zero-order valence-corrected chi connectivity index (χ0v) is 30.8. The summed E-state index contributed by atoms with van der Waals surface area (Å²) in [7, 11) is 3.17. The Morgan fingerprint density at radius 2 is 1.72 bits per heavy atom. The van der Waals surface area contributed by atoms with E-state index >= 15 is 0 Å². The fourth-order valence-electron chi connectivity index (χ4n) is 7.13. The van der Waals surface area contributed by atoms with Crippen LogP contribution in [0.25, 0.3) is 22.3 Å². The second-order valence-electron chi connectivity index (χ2n) is 13.8. The fourth-order valence-corrected chi connectivity index (χ4v) is 7.13. The number of carboxylic acids is 1. The van der Waals surface area contributed by atoms with E-state index in [1.54, 1.807) is 43.4 Å². The molecule has 1 fully saturated rings. The van der Waals surface area contributed by atoms with Gasteiger partial charge in [-0.05, 0) is 93.1 Å². The Balaban J connectivity index is 1.36. The van der Waals surface area contributed by atoms with Gasteiger partial charge in [-0.1, -0.05) is 30.7 Å². The smallest absolute Gasteiger partial charge is 0.418 e. The summed E-state index contributed by atoms with van der Waals surface area (Å²) in [6.45, 7) is 2.81. The predicted molar refractivity (Wildman–Crippen MR) is 200 cm³/mol. The van der Waals surface area contributed by atoms with E-state index in [2.05, 4.69) is 5.32 Å². The molecule has 0 radical (unpaired) electrons. The number of halogens is 1. The highest BCUT2D eigenvalue weighted by Crippen LogP contribution is 2.34. The van der Waals surface area contributed by atoms with Gasteiger partial charge in [-0.15, -0.1) is 0 Å². The maximum atomic E-state index is 14.6. The summed E-state index contributed by atoms with van der Waals surface area (Å²) in [4.78, 5) is 52.7. The molecule has 13 heteroatoms. The third-order valence-corrected chi connectivity index (χ3v) is 10.1. The van der Waals surface area contributed by atoms with E-state index in [1.165, 1.54) is 12.1 Å². The number of carbonyl (C=O) groups excluding carboxylic acids is 2. The third-order valence-electron chi connectivity index (χ3n) is 10.1. The van der Waals surface area contributed by atoms with Crippen molar-refractivity contribution >= 4 is 28.8 Å². The summed E-state index contributed by atoms with van der Waals surface area (Å²) in [5, 5.41) is 13.4. The van der Waals surface area contributed by atoms with E-state index in [4.69, 9.17) is 24.2 Å². The molecule has 0 spiro atoms. The summed E-state index contributed by atoms with van der Waals surface area (Å²) in [6.07, 6.45) is 7.68. The van der Waals surface area contributed by atoms with Gasteiger partial charge >= 0.3 is 12.0 Å². The number of aliphatic carboxylic acids is 1. The number of urea groups is 1. The molecule has 4 unspecified atom stereocenters. The fraction of sp³-hybridized carbons (Fsp3) is 0.390. The number of hydrogen-bond donors (Lipinski definition) is 3. The Labute approximate surface area is 313 Å². The molecular formula is C41H47FN5O7+. The van der Waals surface area contributed by atoms with Gasteiger partial charge in [-0.3, -0.25) is 9.69 Å². The number of rotatable bonds is 8. The number of quaternary nitrogens is 1. The van der Waals surface area contributed by atoms with Crippen molar-refractivity contribution in [2.45, 2.75) is 76.6 Å². The molecule has 3 aromatic carbocycles. The van der Waals surface area contributed by atoms with Gasteiger partial charge in [0.1, 0.15) is 29.9 Å². The quantitative estimate of drug-likeness (QED) is 0.206. The minimum atomic E-state index is -1.13. The van der Waals surface area contributed by atoms with E-state index in [9.17, 15) is 23.9 Å². The zero-order valence-electron chi connectivity index (χ0n) is 30.8. The van der Waals surface area contributed by atoms with Crippen molar-refractivity contribution in [1.82, 2.24) is 20.2 Å². The average molecular weight is 741 g/mol. The number of carboxylic acid groups (broad SMARTS) is 1. The first-order chi connectivity index (χ1) is 26.1. The lowest BCUT2D eigenvalue weighted by Crippen LogP contribution is -3.19. The van der Waals surface area contributed by atoms with Gasteiger partial charge in [0.2, 0.25) is 5.88 Å². The first kappa shape index (κ1) is 38.2. The van der Waals surface area contributed by atoms with Crippen LogP contribution < -0.4 is 24.4 Å². The molecule has 4 aromatic rings. The number of methoxy groups -OCH3 is 2. The lowest BCUT2D eigenvalue weighted by atomic mass is 10.1. The molecule has 2 aliphatic heterocycles. The van der Waals surface area contributed by atoms with E-state index < -0.39 is 35.9 Å². The number of fused-ring (bicyclic) bond motifs is 2. The zero-order chi connectivity index (χ0) is 38.2. The molecule has 3 N–H and O–H groups in total. The molecule has 0 aliphatic carbocycles. The van der Waals surface area contributed by atoms with Crippen LogP contribution in [0.2, 0.25) is 0 Å². The standard InChI is InChI=1S/C41H46FN5O7/c1-26-35(53-3)21-20-32-36(26)44-37(28-14-16-29(42)17-15-28)45-39(32)54-31-23-34-38(48)43-33(40(49)50)11-9-7-5-4-6-8-10-22-46(41(51)47(34)25-31)24-27-12-18-30(52-2)19-13-27/h5,7,12-21,31,33-34H,4,6,8-11,22-25H2,1-3H3,(H,43,48)(H,49,50)/p+1. The van der Waals surface area contributed by atoms with Crippen LogP contribution in [0, 0.1) is 12.7 Å². The van der Waals surface area contributed by atoms with Crippen molar-refractivity contribution < 1.29 is 43.0 Å². The highest BCUT2D eigenvalue weighted by molar-refractivity contribution is 5.90. The monoisotopic (exact) mass is 740 g/mol.